The van der Waals surface area contributed by atoms with Gasteiger partial charge in [-0.1, -0.05) is 41.7 Å². The Bertz CT molecular complexity index is 1070. The highest BCUT2D eigenvalue weighted by Gasteiger charge is 2.03. The van der Waals surface area contributed by atoms with E-state index in [0.29, 0.717) is 18.1 Å². The number of pyridine rings is 2. The molecule has 0 fully saturated rings. The Balaban J connectivity index is 0.000000213. The smallest absolute Gasteiger partial charge is 0.213 e. The maximum Gasteiger partial charge on any atom is 0.213 e. The van der Waals surface area contributed by atoms with Gasteiger partial charge in [-0.3, -0.25) is 9.78 Å². The molecule has 34 heavy (non-hydrogen) atoms. The minimum atomic E-state index is 0.548. The number of carbonyl (C=O) groups is 1. The van der Waals surface area contributed by atoms with Gasteiger partial charge in [0, 0.05) is 49.3 Å². The van der Waals surface area contributed by atoms with Gasteiger partial charge in [-0.05, 0) is 44.9 Å². The fraction of sp³-hybridized carbons (Fsp3) is 0.240. The summed E-state index contributed by atoms with van der Waals surface area (Å²) in [4.78, 5) is 20.4. The topological polar surface area (TPSA) is 93.1 Å². The van der Waals surface area contributed by atoms with Gasteiger partial charge in [-0.2, -0.15) is 0 Å². The lowest BCUT2D eigenvalue weighted by Crippen LogP contribution is -2.02. The average molecular weight is 479 g/mol. The van der Waals surface area contributed by atoms with E-state index in [-0.39, 0.29) is 0 Å². The summed E-state index contributed by atoms with van der Waals surface area (Å²) in [6.07, 6.45) is 6.61. The zero-order valence-corrected chi connectivity index (χ0v) is 20.7. The van der Waals surface area contributed by atoms with Gasteiger partial charge < -0.3 is 15.0 Å². The van der Waals surface area contributed by atoms with Crippen LogP contribution in [0.25, 0.3) is 10.6 Å². The monoisotopic (exact) mass is 478 g/mol. The Morgan fingerprint density at radius 3 is 2.26 bits per heavy atom. The number of ether oxygens (including phenoxy) is 1. The summed E-state index contributed by atoms with van der Waals surface area (Å²) in [6, 6.07) is 17.4. The zero-order chi connectivity index (χ0) is 24.6. The summed E-state index contributed by atoms with van der Waals surface area (Å²) in [6.45, 7) is 0.581. The average Bonchev–Trinajstić information content (AvgIpc) is 3.35. The van der Waals surface area contributed by atoms with Crippen molar-refractivity contribution in [3.05, 3.63) is 84.3 Å². The number of anilines is 1. The third kappa shape index (κ3) is 10.3. The standard InChI is InChI=1S/C14H13NO2.C8H8N4S.C3H9N/c16-11-13-6-7-14(15-10-13)17-9-8-12-4-2-1-3-5-12;1-9-8-12-11-7(13-8)6-2-4-10-5-3-6;1-4(2)3/h1-7,10-11H,8-9H2;2-5H,1H3,(H,9,12);1-3H3. The molecule has 0 aliphatic carbocycles. The highest BCUT2D eigenvalue weighted by atomic mass is 32.1. The van der Waals surface area contributed by atoms with Crippen LogP contribution in [0.3, 0.4) is 0 Å². The van der Waals surface area contributed by atoms with Crippen LogP contribution in [0, 0.1) is 0 Å². The fourth-order valence-corrected chi connectivity index (χ4v) is 3.10. The second-order valence-corrected chi connectivity index (χ2v) is 8.35. The molecular weight excluding hydrogens is 448 g/mol. The second kappa shape index (κ2) is 15.2. The second-order valence-electron chi connectivity index (χ2n) is 7.37. The number of nitrogens with one attached hydrogen (secondary N) is 1. The largest absolute Gasteiger partial charge is 0.477 e. The summed E-state index contributed by atoms with van der Waals surface area (Å²) in [5.41, 5.74) is 2.84. The van der Waals surface area contributed by atoms with Gasteiger partial charge in [0.2, 0.25) is 11.0 Å². The number of aldehydes is 1. The summed E-state index contributed by atoms with van der Waals surface area (Å²) in [5.74, 6) is 0.548. The molecular formula is C25H30N6O2S. The fourth-order valence-electron chi connectivity index (χ4n) is 2.40. The Morgan fingerprint density at radius 2 is 1.71 bits per heavy atom. The molecule has 0 aliphatic heterocycles. The van der Waals surface area contributed by atoms with E-state index in [2.05, 4.69) is 37.6 Å². The minimum absolute atomic E-state index is 0.548. The lowest BCUT2D eigenvalue weighted by atomic mass is 10.2. The highest BCUT2D eigenvalue weighted by molar-refractivity contribution is 7.18. The molecule has 3 heterocycles. The predicted molar refractivity (Wildman–Crippen MR) is 138 cm³/mol. The van der Waals surface area contributed by atoms with Gasteiger partial charge in [0.25, 0.3) is 0 Å². The van der Waals surface area contributed by atoms with Crippen molar-refractivity contribution in [1.82, 2.24) is 25.1 Å². The molecule has 1 aromatic carbocycles. The number of benzene rings is 1. The van der Waals surface area contributed by atoms with Gasteiger partial charge >= 0.3 is 0 Å². The predicted octanol–water partition coefficient (Wildman–Crippen LogP) is 4.34. The Labute approximate surface area is 204 Å². The van der Waals surface area contributed by atoms with Crippen LogP contribution in [0.2, 0.25) is 0 Å². The van der Waals surface area contributed by atoms with Crippen LogP contribution in [-0.4, -0.2) is 66.1 Å². The number of aromatic nitrogens is 4. The van der Waals surface area contributed by atoms with Gasteiger partial charge in [-0.15, -0.1) is 10.2 Å². The van der Waals surface area contributed by atoms with Crippen LogP contribution in [0.4, 0.5) is 5.13 Å². The van der Waals surface area contributed by atoms with Crippen LogP contribution in [0.1, 0.15) is 15.9 Å². The number of hydrogen-bond donors (Lipinski definition) is 1. The maximum atomic E-state index is 10.4. The molecule has 0 radical (unpaired) electrons. The summed E-state index contributed by atoms with van der Waals surface area (Å²) < 4.78 is 5.48. The lowest BCUT2D eigenvalue weighted by Gasteiger charge is -2.04. The molecule has 1 N–H and O–H groups in total. The van der Waals surface area contributed by atoms with Crippen molar-refractivity contribution in [3.63, 3.8) is 0 Å². The molecule has 178 valence electrons. The molecule has 0 saturated heterocycles. The molecule has 4 aromatic rings. The van der Waals surface area contributed by atoms with Gasteiger partial charge in [0.15, 0.2) is 6.29 Å². The third-order valence-corrected chi connectivity index (χ3v) is 4.93. The van der Waals surface area contributed by atoms with Crippen LogP contribution >= 0.6 is 11.3 Å². The Morgan fingerprint density at radius 1 is 1.00 bits per heavy atom. The van der Waals surface area contributed by atoms with E-state index < -0.39 is 0 Å². The van der Waals surface area contributed by atoms with Crippen LogP contribution in [0.15, 0.2) is 73.2 Å². The normalized spacial score (nSPS) is 9.79. The Kier molecular flexibility index (Phi) is 11.9. The minimum Gasteiger partial charge on any atom is -0.477 e. The molecule has 0 saturated carbocycles. The first kappa shape index (κ1) is 26.6. The molecule has 4 rings (SSSR count). The van der Waals surface area contributed by atoms with Crippen LogP contribution in [0.5, 0.6) is 5.88 Å². The number of hydrogen-bond acceptors (Lipinski definition) is 9. The van der Waals surface area contributed by atoms with Crippen molar-refractivity contribution >= 4 is 22.8 Å². The molecule has 0 aliphatic rings. The SMILES string of the molecule is CN(C)C.CNc1nnc(-c2ccncc2)s1.O=Cc1ccc(OCCc2ccccc2)nc1. The van der Waals surface area contributed by atoms with Crippen molar-refractivity contribution in [3.8, 4) is 16.5 Å². The van der Waals surface area contributed by atoms with E-state index in [1.54, 1.807) is 24.5 Å². The summed E-state index contributed by atoms with van der Waals surface area (Å²) >= 11 is 1.52. The molecule has 0 atom stereocenters. The first-order valence-electron chi connectivity index (χ1n) is 10.6. The van der Waals surface area contributed by atoms with E-state index in [1.807, 2.05) is 63.4 Å². The van der Waals surface area contributed by atoms with Gasteiger partial charge in [0.05, 0.1) is 6.61 Å². The van der Waals surface area contributed by atoms with Crippen LogP contribution < -0.4 is 10.1 Å². The van der Waals surface area contributed by atoms with E-state index in [4.69, 9.17) is 4.74 Å². The van der Waals surface area contributed by atoms with Crippen LogP contribution in [-0.2, 0) is 6.42 Å². The van der Waals surface area contributed by atoms with E-state index in [1.165, 1.54) is 23.1 Å². The first-order valence-corrected chi connectivity index (χ1v) is 11.4. The van der Waals surface area contributed by atoms with Crippen molar-refractivity contribution in [2.75, 3.05) is 40.1 Å². The van der Waals surface area contributed by atoms with Gasteiger partial charge in [0.1, 0.15) is 5.01 Å². The number of rotatable bonds is 7. The molecule has 8 nitrogen and oxygen atoms in total. The lowest BCUT2D eigenvalue weighted by molar-refractivity contribution is 0.112. The molecule has 9 heteroatoms. The molecule has 0 amide bonds. The zero-order valence-electron chi connectivity index (χ0n) is 19.9. The summed E-state index contributed by atoms with van der Waals surface area (Å²) in [5, 5.41) is 12.7. The number of carbonyl (C=O) groups excluding carboxylic acids is 1. The highest BCUT2D eigenvalue weighted by Crippen LogP contribution is 2.24. The third-order valence-electron chi connectivity index (χ3n) is 3.94. The van der Waals surface area contributed by atoms with E-state index in [9.17, 15) is 4.79 Å². The quantitative estimate of drug-likeness (QED) is 0.392. The van der Waals surface area contributed by atoms with Crippen molar-refractivity contribution in [2.45, 2.75) is 6.42 Å². The maximum absolute atomic E-state index is 10.4. The Hall–Kier alpha value is -3.69. The van der Waals surface area contributed by atoms with Gasteiger partial charge in [-0.25, -0.2) is 4.98 Å². The summed E-state index contributed by atoms with van der Waals surface area (Å²) in [7, 11) is 7.83. The van der Waals surface area contributed by atoms with E-state index >= 15 is 0 Å². The van der Waals surface area contributed by atoms with Crippen molar-refractivity contribution in [2.24, 2.45) is 0 Å². The van der Waals surface area contributed by atoms with E-state index in [0.717, 1.165) is 28.4 Å². The first-order chi connectivity index (χ1) is 16.5. The molecule has 3 aromatic heterocycles. The molecule has 0 bridgehead atoms. The molecule has 0 spiro atoms. The molecule has 0 unspecified atom stereocenters. The van der Waals surface area contributed by atoms with Crippen molar-refractivity contribution < 1.29 is 9.53 Å². The number of nitrogens with zero attached hydrogens (tertiary/aromatic N) is 5. The van der Waals surface area contributed by atoms with Crippen molar-refractivity contribution in [1.29, 1.82) is 0 Å².